The second-order valence-corrected chi connectivity index (χ2v) is 10.6. The number of aliphatic carboxylic acids is 1. The molecule has 2 N–H and O–H groups in total. The number of hydrogen-bond acceptors (Lipinski definition) is 4. The van der Waals surface area contributed by atoms with Crippen LogP contribution in [-0.4, -0.2) is 45.7 Å². The standard InChI is InChI=1S/C26H31Cl2NO5/c1-5-19(14-30)29-21(15-9-11-17(27)12-10-15)22(16-7-6-8-18(28)13-16)34-23(24(29)31)20(25(32)33)26(2,3)4/h6-13,19-23,30H,5,14H2,1-4H3,(H,32,33)/t19?,20?,21-,22-,23-/m1/s1. The number of ether oxygens (including phenoxy) is 1. The summed E-state index contributed by atoms with van der Waals surface area (Å²) in [4.78, 5) is 27.9. The van der Waals surface area contributed by atoms with Gasteiger partial charge in [-0.25, -0.2) is 0 Å². The summed E-state index contributed by atoms with van der Waals surface area (Å²) in [5.41, 5.74) is 0.710. The van der Waals surface area contributed by atoms with E-state index in [9.17, 15) is 19.8 Å². The third-order valence-corrected chi connectivity index (χ3v) is 6.83. The number of amides is 1. The molecule has 0 radical (unpaired) electrons. The molecule has 6 nitrogen and oxygen atoms in total. The number of benzene rings is 2. The van der Waals surface area contributed by atoms with E-state index in [-0.39, 0.29) is 6.61 Å². The molecule has 34 heavy (non-hydrogen) atoms. The normalized spacial score (nSPS) is 23.0. The van der Waals surface area contributed by atoms with Crippen LogP contribution in [0.5, 0.6) is 0 Å². The topological polar surface area (TPSA) is 87.1 Å². The number of carboxylic acid groups (broad SMARTS) is 1. The summed E-state index contributed by atoms with van der Waals surface area (Å²) in [5, 5.41) is 21.3. The number of aliphatic hydroxyl groups excluding tert-OH is 1. The number of morpholine rings is 1. The zero-order valence-electron chi connectivity index (χ0n) is 19.7. The Hall–Kier alpha value is -2.12. The molecule has 1 amide bonds. The Balaban J connectivity index is 2.25. The average molecular weight is 508 g/mol. The summed E-state index contributed by atoms with van der Waals surface area (Å²) in [7, 11) is 0. The van der Waals surface area contributed by atoms with E-state index in [2.05, 4.69) is 0 Å². The maximum Gasteiger partial charge on any atom is 0.310 e. The Morgan fingerprint density at radius 2 is 1.74 bits per heavy atom. The number of carbonyl (C=O) groups excluding carboxylic acids is 1. The lowest BCUT2D eigenvalue weighted by Gasteiger charge is -2.50. The van der Waals surface area contributed by atoms with Crippen molar-refractivity contribution in [3.05, 3.63) is 69.7 Å². The van der Waals surface area contributed by atoms with Gasteiger partial charge in [0.2, 0.25) is 0 Å². The molecule has 1 aliphatic rings. The van der Waals surface area contributed by atoms with Crippen molar-refractivity contribution in [1.82, 2.24) is 4.90 Å². The van der Waals surface area contributed by atoms with Crippen LogP contribution < -0.4 is 0 Å². The molecular weight excluding hydrogens is 477 g/mol. The predicted molar refractivity (Wildman–Crippen MR) is 132 cm³/mol. The largest absolute Gasteiger partial charge is 0.481 e. The quantitative estimate of drug-likeness (QED) is 0.514. The van der Waals surface area contributed by atoms with Gasteiger partial charge in [0, 0.05) is 10.0 Å². The molecule has 0 aliphatic carbocycles. The zero-order chi connectivity index (χ0) is 25.2. The first kappa shape index (κ1) is 26.5. The highest BCUT2D eigenvalue weighted by Gasteiger charge is 2.53. The van der Waals surface area contributed by atoms with E-state index in [4.69, 9.17) is 27.9 Å². The molecule has 1 saturated heterocycles. The Morgan fingerprint density at radius 1 is 1.09 bits per heavy atom. The van der Waals surface area contributed by atoms with Crippen molar-refractivity contribution in [3.63, 3.8) is 0 Å². The molecule has 2 aromatic carbocycles. The number of nitrogens with zero attached hydrogens (tertiary/aromatic N) is 1. The van der Waals surface area contributed by atoms with Gasteiger partial charge in [-0.1, -0.05) is 75.2 Å². The predicted octanol–water partition coefficient (Wildman–Crippen LogP) is 5.52. The minimum atomic E-state index is -1.24. The van der Waals surface area contributed by atoms with Crippen LogP contribution in [0.1, 0.15) is 57.4 Å². The molecule has 0 bridgehead atoms. The molecule has 1 heterocycles. The highest BCUT2D eigenvalue weighted by Crippen LogP contribution is 2.47. The van der Waals surface area contributed by atoms with Gasteiger partial charge in [-0.3, -0.25) is 9.59 Å². The number of carboxylic acids is 1. The van der Waals surface area contributed by atoms with Crippen molar-refractivity contribution >= 4 is 35.1 Å². The van der Waals surface area contributed by atoms with Gasteiger partial charge in [0.05, 0.1) is 24.6 Å². The molecule has 0 spiro atoms. The van der Waals surface area contributed by atoms with Crippen molar-refractivity contribution in [3.8, 4) is 0 Å². The van der Waals surface area contributed by atoms with Crippen molar-refractivity contribution in [1.29, 1.82) is 0 Å². The molecule has 2 unspecified atom stereocenters. The van der Waals surface area contributed by atoms with Crippen LogP contribution >= 0.6 is 23.2 Å². The lowest BCUT2D eigenvalue weighted by atomic mass is 9.75. The highest BCUT2D eigenvalue weighted by atomic mass is 35.5. The van der Waals surface area contributed by atoms with Crippen LogP contribution in [0.25, 0.3) is 0 Å². The van der Waals surface area contributed by atoms with E-state index in [1.54, 1.807) is 56.0 Å². The summed E-state index contributed by atoms with van der Waals surface area (Å²) < 4.78 is 6.41. The van der Waals surface area contributed by atoms with E-state index >= 15 is 0 Å². The third kappa shape index (κ3) is 5.41. The van der Waals surface area contributed by atoms with Crippen LogP contribution in [0, 0.1) is 11.3 Å². The van der Waals surface area contributed by atoms with Gasteiger partial charge in [-0.2, -0.15) is 0 Å². The fourth-order valence-corrected chi connectivity index (χ4v) is 4.98. The van der Waals surface area contributed by atoms with Gasteiger partial charge in [0.1, 0.15) is 6.10 Å². The SMILES string of the molecule is CCC(CO)N1C(=O)[C@@H](C(C(=O)O)C(C)(C)C)O[C@H](c2cccc(Cl)c2)[C@H]1c1ccc(Cl)cc1. The number of halogens is 2. The van der Waals surface area contributed by atoms with Crippen molar-refractivity contribution in [2.75, 3.05) is 6.61 Å². The van der Waals surface area contributed by atoms with Gasteiger partial charge in [0.25, 0.3) is 5.91 Å². The van der Waals surface area contributed by atoms with Gasteiger partial charge in [-0.05, 0) is 47.2 Å². The lowest BCUT2D eigenvalue weighted by Crippen LogP contribution is -2.59. The molecule has 1 aliphatic heterocycles. The minimum absolute atomic E-state index is 0.269. The van der Waals surface area contributed by atoms with E-state index in [1.165, 1.54) is 0 Å². The van der Waals surface area contributed by atoms with Crippen LogP contribution in [0.15, 0.2) is 48.5 Å². The van der Waals surface area contributed by atoms with E-state index in [1.807, 2.05) is 25.1 Å². The van der Waals surface area contributed by atoms with Crippen LogP contribution in [-0.2, 0) is 14.3 Å². The van der Waals surface area contributed by atoms with Gasteiger partial charge in [-0.15, -0.1) is 0 Å². The molecule has 8 heteroatoms. The Morgan fingerprint density at radius 3 is 2.24 bits per heavy atom. The smallest absolute Gasteiger partial charge is 0.310 e. The summed E-state index contributed by atoms with van der Waals surface area (Å²) in [6.45, 7) is 6.93. The molecule has 0 aromatic heterocycles. The number of rotatable bonds is 7. The summed E-state index contributed by atoms with van der Waals surface area (Å²) >= 11 is 12.4. The maximum absolute atomic E-state index is 13.9. The average Bonchev–Trinajstić information content (AvgIpc) is 2.76. The Labute approximate surface area is 210 Å². The highest BCUT2D eigenvalue weighted by molar-refractivity contribution is 6.30. The maximum atomic E-state index is 13.9. The molecule has 3 rings (SSSR count). The third-order valence-electron chi connectivity index (χ3n) is 6.34. The first-order chi connectivity index (χ1) is 16.0. The summed E-state index contributed by atoms with van der Waals surface area (Å²) in [5.74, 6) is -2.68. The second kappa shape index (κ2) is 10.6. The van der Waals surface area contributed by atoms with Gasteiger partial charge < -0.3 is 19.8 Å². The molecular formula is C26H31Cl2NO5. The minimum Gasteiger partial charge on any atom is -0.481 e. The Bertz CT molecular complexity index is 1020. The van der Waals surface area contributed by atoms with Crippen LogP contribution in [0.2, 0.25) is 10.0 Å². The second-order valence-electron chi connectivity index (χ2n) is 9.70. The fourth-order valence-electron chi connectivity index (χ4n) is 4.66. The lowest BCUT2D eigenvalue weighted by molar-refractivity contribution is -0.199. The van der Waals surface area contributed by atoms with E-state index in [0.717, 1.165) is 5.56 Å². The number of hydrogen-bond donors (Lipinski definition) is 2. The molecule has 184 valence electrons. The number of carbonyl (C=O) groups is 2. The van der Waals surface area contributed by atoms with E-state index < -0.39 is 47.5 Å². The number of aliphatic hydroxyl groups is 1. The summed E-state index contributed by atoms with van der Waals surface area (Å²) in [6.07, 6.45) is -1.48. The first-order valence-corrected chi connectivity index (χ1v) is 12.1. The molecule has 0 saturated carbocycles. The zero-order valence-corrected chi connectivity index (χ0v) is 21.3. The van der Waals surface area contributed by atoms with Gasteiger partial charge in [0.15, 0.2) is 6.10 Å². The molecule has 5 atom stereocenters. The Kier molecular flexibility index (Phi) is 8.30. The van der Waals surface area contributed by atoms with Crippen molar-refractivity contribution < 1.29 is 24.5 Å². The molecule has 1 fully saturated rings. The summed E-state index contributed by atoms with van der Waals surface area (Å²) in [6, 6.07) is 13.1. The fraction of sp³-hybridized carbons (Fsp3) is 0.462. The van der Waals surface area contributed by atoms with Crippen molar-refractivity contribution in [2.24, 2.45) is 11.3 Å². The van der Waals surface area contributed by atoms with Crippen LogP contribution in [0.3, 0.4) is 0 Å². The van der Waals surface area contributed by atoms with E-state index in [0.29, 0.717) is 22.0 Å². The van der Waals surface area contributed by atoms with Crippen molar-refractivity contribution in [2.45, 2.75) is 58.4 Å². The molecule has 2 aromatic rings. The first-order valence-electron chi connectivity index (χ1n) is 11.3. The monoisotopic (exact) mass is 507 g/mol. The van der Waals surface area contributed by atoms with Crippen LogP contribution in [0.4, 0.5) is 0 Å². The van der Waals surface area contributed by atoms with Gasteiger partial charge >= 0.3 is 5.97 Å².